The molecule has 1 amide bonds. The zero-order chi connectivity index (χ0) is 21.3. The Bertz CT molecular complexity index is 1250. The highest BCUT2D eigenvalue weighted by molar-refractivity contribution is 6.42. The second-order valence-corrected chi connectivity index (χ2v) is 7.72. The van der Waals surface area contributed by atoms with Crippen LogP contribution in [0.2, 0.25) is 10.0 Å². The Morgan fingerprint density at radius 2 is 1.73 bits per heavy atom. The van der Waals surface area contributed by atoms with E-state index in [1.807, 2.05) is 62.4 Å². The van der Waals surface area contributed by atoms with Crippen LogP contribution in [0.1, 0.15) is 21.7 Å². The molecule has 0 fully saturated rings. The summed E-state index contributed by atoms with van der Waals surface area (Å²) in [7, 11) is 0. The fraction of sp³-hybridized carbons (Fsp3) is 0.0870. The van der Waals surface area contributed by atoms with Crippen LogP contribution in [0.15, 0.2) is 66.7 Å². The Kier molecular flexibility index (Phi) is 5.57. The van der Waals surface area contributed by atoms with Crippen LogP contribution in [-0.4, -0.2) is 20.7 Å². The number of para-hydroxylation sites is 1. The van der Waals surface area contributed by atoms with E-state index in [9.17, 15) is 4.79 Å². The molecule has 4 rings (SSSR count). The van der Waals surface area contributed by atoms with E-state index in [1.165, 1.54) is 0 Å². The lowest BCUT2D eigenvalue weighted by atomic mass is 10.1. The number of nitrogens with one attached hydrogen (secondary N) is 1. The molecule has 4 aromatic rings. The third-order valence-electron chi connectivity index (χ3n) is 4.63. The number of amides is 1. The minimum Gasteiger partial charge on any atom is -0.319 e. The molecule has 0 aliphatic rings. The number of hydrogen-bond acceptors (Lipinski definition) is 3. The van der Waals surface area contributed by atoms with E-state index in [4.69, 9.17) is 23.2 Å². The van der Waals surface area contributed by atoms with Crippen LogP contribution < -0.4 is 5.32 Å². The molecule has 30 heavy (non-hydrogen) atoms. The summed E-state index contributed by atoms with van der Waals surface area (Å²) in [6, 6.07) is 20.6. The molecule has 0 saturated carbocycles. The summed E-state index contributed by atoms with van der Waals surface area (Å²) in [4.78, 5) is 17.4. The number of benzene rings is 3. The Morgan fingerprint density at radius 1 is 0.933 bits per heavy atom. The molecule has 7 heteroatoms. The number of halogens is 2. The van der Waals surface area contributed by atoms with E-state index in [0.29, 0.717) is 27.2 Å². The summed E-state index contributed by atoms with van der Waals surface area (Å²) in [5.74, 6) is 0.199. The van der Waals surface area contributed by atoms with Gasteiger partial charge in [-0.1, -0.05) is 65.2 Å². The van der Waals surface area contributed by atoms with Crippen molar-refractivity contribution in [2.75, 3.05) is 5.32 Å². The van der Waals surface area contributed by atoms with E-state index >= 15 is 0 Å². The molecule has 5 nitrogen and oxygen atoms in total. The summed E-state index contributed by atoms with van der Waals surface area (Å²) in [5.41, 5.74) is 4.23. The van der Waals surface area contributed by atoms with E-state index < -0.39 is 5.91 Å². The van der Waals surface area contributed by atoms with Crippen LogP contribution in [0, 0.1) is 13.8 Å². The monoisotopic (exact) mass is 436 g/mol. The first-order chi connectivity index (χ1) is 14.4. The lowest BCUT2D eigenvalue weighted by Gasteiger charge is -2.07. The van der Waals surface area contributed by atoms with E-state index in [1.54, 1.807) is 22.9 Å². The Hall–Kier alpha value is -3.15. The van der Waals surface area contributed by atoms with Gasteiger partial charge in [0, 0.05) is 11.3 Å². The maximum Gasteiger partial charge on any atom is 0.295 e. The number of anilines is 1. The zero-order valence-electron chi connectivity index (χ0n) is 16.4. The van der Waals surface area contributed by atoms with Gasteiger partial charge in [0.1, 0.15) is 0 Å². The smallest absolute Gasteiger partial charge is 0.295 e. The Labute approximate surface area is 184 Å². The Morgan fingerprint density at radius 3 is 2.47 bits per heavy atom. The van der Waals surface area contributed by atoms with Crippen molar-refractivity contribution in [2.45, 2.75) is 13.8 Å². The quantitative estimate of drug-likeness (QED) is 0.419. The fourth-order valence-electron chi connectivity index (χ4n) is 3.07. The van der Waals surface area contributed by atoms with Gasteiger partial charge < -0.3 is 5.32 Å². The Balaban J connectivity index is 1.80. The number of aromatic nitrogens is 3. The van der Waals surface area contributed by atoms with Crippen LogP contribution in [0.4, 0.5) is 5.69 Å². The molecule has 0 saturated heterocycles. The number of carbonyl (C=O) groups excluding carboxylic acids is 1. The van der Waals surface area contributed by atoms with Gasteiger partial charge in [0.2, 0.25) is 5.82 Å². The highest BCUT2D eigenvalue weighted by atomic mass is 35.5. The maximum atomic E-state index is 12.9. The van der Waals surface area contributed by atoms with Crippen molar-refractivity contribution in [2.24, 2.45) is 0 Å². The van der Waals surface area contributed by atoms with Crippen LogP contribution in [0.25, 0.3) is 17.1 Å². The zero-order valence-corrected chi connectivity index (χ0v) is 17.9. The standard InChI is InChI=1S/C23H18Cl2N4O/c1-14-6-5-8-16(12-14)22-27-21(23(30)26-20-9-4-3-7-15(20)2)28-29(22)17-10-11-18(24)19(25)13-17/h3-13H,1-2H3,(H,26,30). The third kappa shape index (κ3) is 4.08. The van der Waals surface area contributed by atoms with E-state index in [-0.39, 0.29) is 5.82 Å². The maximum absolute atomic E-state index is 12.9. The predicted molar refractivity (Wildman–Crippen MR) is 121 cm³/mol. The first-order valence-corrected chi connectivity index (χ1v) is 10.0. The molecule has 3 aromatic carbocycles. The second kappa shape index (κ2) is 8.30. The first-order valence-electron chi connectivity index (χ1n) is 9.29. The van der Waals surface area contributed by atoms with Crippen LogP contribution in [-0.2, 0) is 0 Å². The third-order valence-corrected chi connectivity index (χ3v) is 5.37. The average Bonchev–Trinajstić information content (AvgIpc) is 3.17. The van der Waals surface area contributed by atoms with Gasteiger partial charge >= 0.3 is 0 Å². The van der Waals surface area contributed by atoms with Crippen molar-refractivity contribution < 1.29 is 4.79 Å². The van der Waals surface area contributed by atoms with Crippen molar-refractivity contribution >= 4 is 34.8 Å². The molecule has 0 spiro atoms. The highest BCUT2D eigenvalue weighted by Crippen LogP contribution is 2.28. The molecule has 1 aromatic heterocycles. The van der Waals surface area contributed by atoms with Gasteiger partial charge in [-0.05, 0) is 49.7 Å². The second-order valence-electron chi connectivity index (χ2n) is 6.91. The molecule has 0 aliphatic carbocycles. The normalized spacial score (nSPS) is 10.8. The topological polar surface area (TPSA) is 59.8 Å². The van der Waals surface area contributed by atoms with E-state index in [2.05, 4.69) is 15.4 Å². The number of aryl methyl sites for hydroxylation is 2. The van der Waals surface area contributed by atoms with Crippen molar-refractivity contribution in [1.29, 1.82) is 0 Å². The molecular formula is C23H18Cl2N4O. The number of carbonyl (C=O) groups is 1. The number of nitrogens with zero attached hydrogens (tertiary/aromatic N) is 3. The molecule has 0 aliphatic heterocycles. The number of hydrogen-bond donors (Lipinski definition) is 1. The molecule has 0 atom stereocenters. The minimum atomic E-state index is -0.392. The lowest BCUT2D eigenvalue weighted by molar-refractivity contribution is 0.101. The summed E-state index contributed by atoms with van der Waals surface area (Å²) >= 11 is 12.3. The van der Waals surface area contributed by atoms with Gasteiger partial charge in [-0.2, -0.15) is 0 Å². The molecule has 0 radical (unpaired) electrons. The fourth-order valence-corrected chi connectivity index (χ4v) is 3.36. The van der Waals surface area contributed by atoms with Gasteiger partial charge in [0.25, 0.3) is 5.91 Å². The molecular weight excluding hydrogens is 419 g/mol. The largest absolute Gasteiger partial charge is 0.319 e. The van der Waals surface area contributed by atoms with Gasteiger partial charge in [-0.15, -0.1) is 5.10 Å². The molecule has 1 heterocycles. The SMILES string of the molecule is Cc1cccc(-c2nc(C(=O)Nc3ccccc3C)nn2-c2ccc(Cl)c(Cl)c2)c1. The van der Waals surface area contributed by atoms with E-state index in [0.717, 1.165) is 16.7 Å². The molecule has 0 bridgehead atoms. The predicted octanol–water partition coefficient (Wildman–Crippen LogP) is 6.11. The number of rotatable bonds is 4. The summed E-state index contributed by atoms with van der Waals surface area (Å²) in [6.07, 6.45) is 0. The average molecular weight is 437 g/mol. The van der Waals surface area contributed by atoms with Crippen LogP contribution in [0.3, 0.4) is 0 Å². The van der Waals surface area contributed by atoms with Crippen LogP contribution in [0.5, 0.6) is 0 Å². The van der Waals surface area contributed by atoms with Crippen molar-refractivity contribution in [3.63, 3.8) is 0 Å². The van der Waals surface area contributed by atoms with Crippen molar-refractivity contribution in [1.82, 2.24) is 14.8 Å². The van der Waals surface area contributed by atoms with Gasteiger partial charge in [0.05, 0.1) is 15.7 Å². The minimum absolute atomic E-state index is 0.0563. The lowest BCUT2D eigenvalue weighted by Crippen LogP contribution is -2.15. The first kappa shape index (κ1) is 20.1. The molecule has 150 valence electrons. The summed E-state index contributed by atoms with van der Waals surface area (Å²) in [6.45, 7) is 3.92. The highest BCUT2D eigenvalue weighted by Gasteiger charge is 2.20. The molecule has 0 unspecified atom stereocenters. The van der Waals surface area contributed by atoms with Crippen molar-refractivity contribution in [3.8, 4) is 17.1 Å². The summed E-state index contributed by atoms with van der Waals surface area (Å²) < 4.78 is 1.60. The summed E-state index contributed by atoms with van der Waals surface area (Å²) in [5, 5.41) is 8.19. The van der Waals surface area contributed by atoms with Crippen molar-refractivity contribution in [3.05, 3.63) is 93.7 Å². The van der Waals surface area contributed by atoms with Gasteiger partial charge in [0.15, 0.2) is 5.82 Å². The van der Waals surface area contributed by atoms with Gasteiger partial charge in [-0.25, -0.2) is 9.67 Å². The van der Waals surface area contributed by atoms with Crippen LogP contribution >= 0.6 is 23.2 Å². The van der Waals surface area contributed by atoms with Gasteiger partial charge in [-0.3, -0.25) is 4.79 Å². The molecule has 1 N–H and O–H groups in total.